The molecule has 0 bridgehead atoms. The second-order valence-corrected chi connectivity index (χ2v) is 5.89. The van der Waals surface area contributed by atoms with E-state index in [0.717, 1.165) is 5.56 Å². The van der Waals surface area contributed by atoms with Crippen LogP contribution in [-0.2, 0) is 16.1 Å². The molecular formula is C19H19ClN2O6. The number of ether oxygens (including phenoxy) is 3. The number of hydrogen-bond acceptors (Lipinski definition) is 6. The van der Waals surface area contributed by atoms with Crippen LogP contribution >= 0.6 is 11.6 Å². The molecule has 148 valence electrons. The Kier molecular flexibility index (Phi) is 7.65. The first-order valence-electron chi connectivity index (χ1n) is 8.14. The summed E-state index contributed by atoms with van der Waals surface area (Å²) in [5.74, 6) is -1.06. The van der Waals surface area contributed by atoms with Crippen molar-refractivity contribution in [1.82, 2.24) is 10.6 Å². The normalized spacial score (nSPS) is 9.96. The van der Waals surface area contributed by atoms with E-state index in [1.807, 2.05) is 30.3 Å². The van der Waals surface area contributed by atoms with E-state index in [2.05, 4.69) is 10.6 Å². The molecule has 2 rings (SSSR count). The van der Waals surface area contributed by atoms with Gasteiger partial charge in [-0.1, -0.05) is 41.9 Å². The van der Waals surface area contributed by atoms with Crippen molar-refractivity contribution in [3.05, 3.63) is 58.6 Å². The summed E-state index contributed by atoms with van der Waals surface area (Å²) in [4.78, 5) is 35.6. The number of carbonyl (C=O) groups is 3. The van der Waals surface area contributed by atoms with Gasteiger partial charge in [-0.15, -0.1) is 0 Å². The molecule has 0 aliphatic carbocycles. The lowest BCUT2D eigenvalue weighted by atomic mass is 10.2. The Morgan fingerprint density at radius 2 is 1.75 bits per heavy atom. The van der Waals surface area contributed by atoms with Crippen LogP contribution in [0.1, 0.15) is 15.9 Å². The summed E-state index contributed by atoms with van der Waals surface area (Å²) in [5.41, 5.74) is 0.950. The summed E-state index contributed by atoms with van der Waals surface area (Å²) in [6, 6.07) is 11.2. The zero-order valence-corrected chi connectivity index (χ0v) is 16.0. The molecule has 0 aliphatic heterocycles. The highest BCUT2D eigenvalue weighted by Gasteiger charge is 2.17. The molecule has 28 heavy (non-hydrogen) atoms. The predicted octanol–water partition coefficient (Wildman–Crippen LogP) is 2.54. The van der Waals surface area contributed by atoms with E-state index < -0.39 is 24.5 Å². The number of methoxy groups -OCH3 is 2. The Morgan fingerprint density at radius 3 is 2.39 bits per heavy atom. The summed E-state index contributed by atoms with van der Waals surface area (Å²) in [6.07, 6.45) is 0. The zero-order chi connectivity index (χ0) is 20.5. The standard InChI is InChI=1S/C19H19ClN2O6/c1-26-15-9-13(8-14(20)17(15)27-2)18(24)28-11-16(23)22-19(25)21-10-12-6-4-3-5-7-12/h3-9H,10-11H2,1-2H3,(H2,21,22,23,25). The molecule has 2 aromatic carbocycles. The van der Waals surface area contributed by atoms with Crippen molar-refractivity contribution >= 4 is 29.5 Å². The molecule has 0 aliphatic rings. The van der Waals surface area contributed by atoms with Crippen LogP contribution in [0.4, 0.5) is 4.79 Å². The topological polar surface area (TPSA) is 103 Å². The van der Waals surface area contributed by atoms with Gasteiger partial charge in [0.15, 0.2) is 18.1 Å². The zero-order valence-electron chi connectivity index (χ0n) is 15.3. The molecule has 2 N–H and O–H groups in total. The van der Waals surface area contributed by atoms with Crippen molar-refractivity contribution in [3.63, 3.8) is 0 Å². The third-order valence-electron chi connectivity index (χ3n) is 3.55. The van der Waals surface area contributed by atoms with Gasteiger partial charge in [-0.2, -0.15) is 0 Å². The van der Waals surface area contributed by atoms with Gasteiger partial charge in [-0.05, 0) is 17.7 Å². The third-order valence-corrected chi connectivity index (χ3v) is 3.83. The van der Waals surface area contributed by atoms with Crippen molar-refractivity contribution in [2.45, 2.75) is 6.54 Å². The Hall–Kier alpha value is -3.26. The van der Waals surface area contributed by atoms with Crippen LogP contribution in [0, 0.1) is 0 Å². The van der Waals surface area contributed by atoms with E-state index in [1.54, 1.807) is 0 Å². The number of amides is 3. The molecule has 3 amide bonds. The van der Waals surface area contributed by atoms with Gasteiger partial charge in [0.1, 0.15) is 0 Å². The molecular weight excluding hydrogens is 388 g/mol. The molecule has 8 nitrogen and oxygen atoms in total. The predicted molar refractivity (Wildman–Crippen MR) is 102 cm³/mol. The number of carbonyl (C=O) groups excluding carboxylic acids is 3. The quantitative estimate of drug-likeness (QED) is 0.685. The van der Waals surface area contributed by atoms with E-state index >= 15 is 0 Å². The van der Waals surface area contributed by atoms with Crippen LogP contribution in [0.15, 0.2) is 42.5 Å². The van der Waals surface area contributed by atoms with Crippen molar-refractivity contribution in [1.29, 1.82) is 0 Å². The first kappa shape index (κ1) is 21.0. The summed E-state index contributed by atoms with van der Waals surface area (Å²) in [7, 11) is 2.81. The Labute approximate surface area is 166 Å². The van der Waals surface area contributed by atoms with Crippen LogP contribution in [0.5, 0.6) is 11.5 Å². The maximum absolute atomic E-state index is 12.1. The molecule has 0 atom stereocenters. The van der Waals surface area contributed by atoms with Crippen molar-refractivity contribution < 1.29 is 28.6 Å². The number of imide groups is 1. The summed E-state index contributed by atoms with van der Waals surface area (Å²) in [6.45, 7) is -0.382. The maximum Gasteiger partial charge on any atom is 0.338 e. The third kappa shape index (κ3) is 5.88. The fourth-order valence-electron chi connectivity index (χ4n) is 2.24. The molecule has 0 fully saturated rings. The smallest absolute Gasteiger partial charge is 0.338 e. The first-order chi connectivity index (χ1) is 13.4. The molecule has 0 saturated carbocycles. The molecule has 9 heteroatoms. The SMILES string of the molecule is COc1cc(C(=O)OCC(=O)NC(=O)NCc2ccccc2)cc(Cl)c1OC. The lowest BCUT2D eigenvalue weighted by Gasteiger charge is -2.11. The number of halogens is 1. The lowest BCUT2D eigenvalue weighted by molar-refractivity contribution is -0.123. The van der Waals surface area contributed by atoms with E-state index in [9.17, 15) is 14.4 Å². The van der Waals surface area contributed by atoms with E-state index in [4.69, 9.17) is 25.8 Å². The van der Waals surface area contributed by atoms with E-state index in [-0.39, 0.29) is 28.6 Å². The number of hydrogen-bond donors (Lipinski definition) is 2. The van der Waals surface area contributed by atoms with Gasteiger partial charge in [-0.25, -0.2) is 9.59 Å². The van der Waals surface area contributed by atoms with Gasteiger partial charge in [0, 0.05) is 6.54 Å². The number of urea groups is 1. The average Bonchev–Trinajstić information content (AvgIpc) is 2.70. The summed E-state index contributed by atoms with van der Waals surface area (Å²) < 4.78 is 15.1. The monoisotopic (exact) mass is 406 g/mol. The molecule has 0 spiro atoms. The Balaban J connectivity index is 1.84. The molecule has 2 aromatic rings. The second-order valence-electron chi connectivity index (χ2n) is 5.49. The van der Waals surface area contributed by atoms with Crippen LogP contribution < -0.4 is 20.1 Å². The van der Waals surface area contributed by atoms with Crippen LogP contribution in [0.2, 0.25) is 5.02 Å². The van der Waals surface area contributed by atoms with Gasteiger partial charge < -0.3 is 19.5 Å². The lowest BCUT2D eigenvalue weighted by Crippen LogP contribution is -2.41. The largest absolute Gasteiger partial charge is 0.493 e. The van der Waals surface area contributed by atoms with Crippen LogP contribution in [-0.4, -0.2) is 38.7 Å². The van der Waals surface area contributed by atoms with Crippen molar-refractivity contribution in [2.75, 3.05) is 20.8 Å². The summed E-state index contributed by atoms with van der Waals surface area (Å²) in [5, 5.41) is 4.75. The molecule has 0 saturated heterocycles. The van der Waals surface area contributed by atoms with Gasteiger partial charge in [0.25, 0.3) is 5.91 Å². The highest BCUT2D eigenvalue weighted by molar-refractivity contribution is 6.32. The van der Waals surface area contributed by atoms with E-state index in [1.165, 1.54) is 26.4 Å². The fourth-order valence-corrected chi connectivity index (χ4v) is 2.52. The molecule has 0 radical (unpaired) electrons. The number of rotatable bonds is 7. The number of benzene rings is 2. The molecule has 0 heterocycles. The molecule has 0 unspecified atom stereocenters. The van der Waals surface area contributed by atoms with Crippen LogP contribution in [0.3, 0.4) is 0 Å². The summed E-state index contributed by atoms with van der Waals surface area (Å²) >= 11 is 6.03. The van der Waals surface area contributed by atoms with Crippen molar-refractivity contribution in [3.8, 4) is 11.5 Å². The minimum atomic E-state index is -0.803. The van der Waals surface area contributed by atoms with Crippen LogP contribution in [0.25, 0.3) is 0 Å². The average molecular weight is 407 g/mol. The number of esters is 1. The van der Waals surface area contributed by atoms with Gasteiger partial charge >= 0.3 is 12.0 Å². The molecule has 0 aromatic heterocycles. The minimum Gasteiger partial charge on any atom is -0.493 e. The second kappa shape index (κ2) is 10.2. The first-order valence-corrected chi connectivity index (χ1v) is 8.52. The van der Waals surface area contributed by atoms with Gasteiger partial charge in [0.2, 0.25) is 0 Å². The number of nitrogens with one attached hydrogen (secondary N) is 2. The maximum atomic E-state index is 12.1. The van der Waals surface area contributed by atoms with Gasteiger partial charge in [0.05, 0.1) is 24.8 Å². The minimum absolute atomic E-state index is 0.0731. The fraction of sp³-hybridized carbons (Fsp3) is 0.211. The highest BCUT2D eigenvalue weighted by Crippen LogP contribution is 2.36. The highest BCUT2D eigenvalue weighted by atomic mass is 35.5. The Morgan fingerprint density at radius 1 is 1.04 bits per heavy atom. The van der Waals surface area contributed by atoms with Crippen molar-refractivity contribution in [2.24, 2.45) is 0 Å². The van der Waals surface area contributed by atoms with E-state index in [0.29, 0.717) is 0 Å². The Bertz CT molecular complexity index is 857. The van der Waals surface area contributed by atoms with Gasteiger partial charge in [-0.3, -0.25) is 10.1 Å².